The molecule has 2 aliphatic rings. The third kappa shape index (κ3) is 5.41. The predicted molar refractivity (Wildman–Crippen MR) is 93.4 cm³/mol. The predicted octanol–water partition coefficient (Wildman–Crippen LogP) is 0.409. The van der Waals surface area contributed by atoms with E-state index >= 15 is 0 Å². The molecule has 1 saturated carbocycles. The molecule has 1 heterocycles. The van der Waals surface area contributed by atoms with Gasteiger partial charge < -0.3 is 15.4 Å². The lowest BCUT2D eigenvalue weighted by Gasteiger charge is -2.25. The van der Waals surface area contributed by atoms with E-state index in [2.05, 4.69) is 10.6 Å². The van der Waals surface area contributed by atoms with E-state index in [4.69, 9.17) is 4.74 Å². The molecule has 0 aromatic rings. The van der Waals surface area contributed by atoms with Crippen molar-refractivity contribution in [3.05, 3.63) is 0 Å². The highest BCUT2D eigenvalue weighted by Gasteiger charge is 2.50. The summed E-state index contributed by atoms with van der Waals surface area (Å²) in [6.07, 6.45) is 4.12. The number of rotatable bonds is 9. The van der Waals surface area contributed by atoms with Gasteiger partial charge in [0.25, 0.3) is 11.8 Å². The monoisotopic (exact) mass is 382 g/mol. The zero-order valence-corrected chi connectivity index (χ0v) is 15.6. The largest absolute Gasteiger partial charge is 0.454 e. The Balaban J connectivity index is 1.81. The first kappa shape index (κ1) is 20.7. The number of nitrogens with zero attached hydrogens (tertiary/aromatic N) is 1. The van der Waals surface area contributed by atoms with Crippen molar-refractivity contribution >= 4 is 29.8 Å². The van der Waals surface area contributed by atoms with Gasteiger partial charge in [-0.15, -0.1) is 0 Å². The fourth-order valence-corrected chi connectivity index (χ4v) is 3.07. The van der Waals surface area contributed by atoms with E-state index in [9.17, 15) is 24.0 Å². The average Bonchev–Trinajstić information content (AvgIpc) is 3.37. The van der Waals surface area contributed by atoms with Crippen molar-refractivity contribution in [2.24, 2.45) is 0 Å². The molecule has 0 unspecified atom stereocenters. The van der Waals surface area contributed by atoms with Crippen LogP contribution in [0.4, 0.5) is 9.59 Å². The van der Waals surface area contributed by atoms with Gasteiger partial charge in [-0.25, -0.2) is 9.59 Å². The van der Waals surface area contributed by atoms with Crippen LogP contribution in [0.25, 0.3) is 0 Å². The van der Waals surface area contributed by atoms with Crippen molar-refractivity contribution < 1.29 is 28.7 Å². The number of nitrogens with one attached hydrogen (secondary N) is 3. The van der Waals surface area contributed by atoms with E-state index in [0.29, 0.717) is 25.7 Å². The molecule has 1 saturated heterocycles. The number of carbonyl (C=O) groups is 5. The molecule has 150 valence electrons. The Hall–Kier alpha value is -2.65. The number of urea groups is 2. The SMILES string of the molecule is CCCC1(CCC)NC(=O)N(CC(=O)OCC(=O)NC(=O)NC2CC2)C1=O. The molecule has 27 heavy (non-hydrogen) atoms. The molecule has 0 atom stereocenters. The lowest BCUT2D eigenvalue weighted by atomic mass is 9.88. The Bertz CT molecular complexity index is 625. The summed E-state index contributed by atoms with van der Waals surface area (Å²) in [5.74, 6) is -2.15. The quantitative estimate of drug-likeness (QED) is 0.391. The Labute approximate surface area is 157 Å². The maximum Gasteiger partial charge on any atom is 0.326 e. The highest BCUT2D eigenvalue weighted by Crippen LogP contribution is 2.27. The van der Waals surface area contributed by atoms with E-state index in [1.54, 1.807) is 0 Å². The van der Waals surface area contributed by atoms with Crippen LogP contribution in [-0.2, 0) is 19.1 Å². The molecule has 1 aliphatic heterocycles. The Morgan fingerprint density at radius 1 is 1.19 bits per heavy atom. The molecule has 0 spiro atoms. The van der Waals surface area contributed by atoms with E-state index in [0.717, 1.165) is 17.7 Å². The summed E-state index contributed by atoms with van der Waals surface area (Å²) in [5, 5.41) is 7.28. The lowest BCUT2D eigenvalue weighted by molar-refractivity contribution is -0.151. The van der Waals surface area contributed by atoms with Crippen LogP contribution in [0.15, 0.2) is 0 Å². The van der Waals surface area contributed by atoms with Crippen molar-refractivity contribution in [3.63, 3.8) is 0 Å². The van der Waals surface area contributed by atoms with Crippen LogP contribution in [-0.4, -0.2) is 59.5 Å². The zero-order valence-electron chi connectivity index (χ0n) is 15.6. The van der Waals surface area contributed by atoms with Gasteiger partial charge >= 0.3 is 18.0 Å². The standard InChI is InChI=1S/C17H26N4O6/c1-3-7-17(8-4-2)14(24)21(16(26)20-17)9-13(23)27-10-12(22)19-15(25)18-11-5-6-11/h11H,3-10H2,1-2H3,(H,20,26)(H2,18,19,22,25). The van der Waals surface area contributed by atoms with Crippen LogP contribution in [0.1, 0.15) is 52.4 Å². The van der Waals surface area contributed by atoms with E-state index in [1.807, 2.05) is 19.2 Å². The van der Waals surface area contributed by atoms with Crippen molar-refractivity contribution in [2.75, 3.05) is 13.2 Å². The summed E-state index contributed by atoms with van der Waals surface area (Å²) in [6, 6.07) is -1.20. The van der Waals surface area contributed by atoms with Gasteiger partial charge in [0.15, 0.2) is 6.61 Å². The summed E-state index contributed by atoms with van der Waals surface area (Å²) < 4.78 is 4.77. The van der Waals surface area contributed by atoms with Gasteiger partial charge in [0.05, 0.1) is 0 Å². The van der Waals surface area contributed by atoms with E-state index in [1.165, 1.54) is 0 Å². The minimum atomic E-state index is -0.987. The molecule has 0 bridgehead atoms. The normalized spacial score (nSPS) is 18.1. The first-order valence-corrected chi connectivity index (χ1v) is 9.21. The van der Waals surface area contributed by atoms with Gasteiger partial charge in [-0.05, 0) is 25.7 Å². The van der Waals surface area contributed by atoms with E-state index in [-0.39, 0.29) is 6.04 Å². The van der Waals surface area contributed by atoms with Crippen LogP contribution < -0.4 is 16.0 Å². The third-order valence-corrected chi connectivity index (χ3v) is 4.42. The Morgan fingerprint density at radius 2 is 1.81 bits per heavy atom. The van der Waals surface area contributed by atoms with Gasteiger partial charge in [0.2, 0.25) is 0 Å². The molecule has 6 amide bonds. The topological polar surface area (TPSA) is 134 Å². The van der Waals surface area contributed by atoms with Crippen molar-refractivity contribution in [2.45, 2.75) is 64.0 Å². The average molecular weight is 382 g/mol. The first-order valence-electron chi connectivity index (χ1n) is 9.21. The number of hydrogen-bond donors (Lipinski definition) is 3. The van der Waals surface area contributed by atoms with Crippen LogP contribution in [0.2, 0.25) is 0 Å². The molecule has 2 rings (SSSR count). The zero-order chi connectivity index (χ0) is 20.0. The van der Waals surface area contributed by atoms with Gasteiger partial charge in [0.1, 0.15) is 12.1 Å². The number of esters is 1. The number of ether oxygens (including phenoxy) is 1. The fraction of sp³-hybridized carbons (Fsp3) is 0.706. The summed E-state index contributed by atoms with van der Waals surface area (Å²) in [4.78, 5) is 60.5. The van der Waals surface area contributed by atoms with Crippen LogP contribution in [0.5, 0.6) is 0 Å². The van der Waals surface area contributed by atoms with E-state index < -0.39 is 48.5 Å². The number of carbonyl (C=O) groups excluding carboxylic acids is 5. The minimum Gasteiger partial charge on any atom is -0.454 e. The van der Waals surface area contributed by atoms with Crippen LogP contribution >= 0.6 is 0 Å². The Morgan fingerprint density at radius 3 is 2.37 bits per heavy atom. The maximum absolute atomic E-state index is 12.6. The summed E-state index contributed by atoms with van der Waals surface area (Å²) in [6.45, 7) is 2.56. The van der Waals surface area contributed by atoms with Crippen molar-refractivity contribution in [1.29, 1.82) is 0 Å². The highest BCUT2D eigenvalue weighted by atomic mass is 16.5. The van der Waals surface area contributed by atoms with Gasteiger partial charge in [-0.3, -0.25) is 24.6 Å². The second-order valence-corrected chi connectivity index (χ2v) is 6.86. The molecule has 10 nitrogen and oxygen atoms in total. The molecular weight excluding hydrogens is 356 g/mol. The van der Waals surface area contributed by atoms with Crippen molar-refractivity contribution in [1.82, 2.24) is 20.9 Å². The fourth-order valence-electron chi connectivity index (χ4n) is 3.07. The molecule has 0 aromatic heterocycles. The van der Waals surface area contributed by atoms with Gasteiger partial charge in [-0.2, -0.15) is 0 Å². The second-order valence-electron chi connectivity index (χ2n) is 6.86. The third-order valence-electron chi connectivity index (χ3n) is 4.42. The molecule has 3 N–H and O–H groups in total. The number of imide groups is 2. The Kier molecular flexibility index (Phi) is 6.75. The summed E-state index contributed by atoms with van der Waals surface area (Å²) in [7, 11) is 0. The molecular formula is C17H26N4O6. The van der Waals surface area contributed by atoms with Gasteiger partial charge in [0, 0.05) is 6.04 Å². The van der Waals surface area contributed by atoms with Crippen LogP contribution in [0, 0.1) is 0 Å². The van der Waals surface area contributed by atoms with Gasteiger partial charge in [-0.1, -0.05) is 26.7 Å². The number of hydrogen-bond acceptors (Lipinski definition) is 6. The lowest BCUT2D eigenvalue weighted by Crippen LogP contribution is -2.47. The highest BCUT2D eigenvalue weighted by molar-refractivity contribution is 6.08. The summed E-state index contributed by atoms with van der Waals surface area (Å²) >= 11 is 0. The van der Waals surface area contributed by atoms with Crippen LogP contribution in [0.3, 0.4) is 0 Å². The second kappa shape index (κ2) is 8.83. The number of amides is 6. The molecule has 10 heteroatoms. The minimum absolute atomic E-state index is 0.0894. The first-order chi connectivity index (χ1) is 12.8. The molecule has 0 radical (unpaired) electrons. The molecule has 0 aromatic carbocycles. The van der Waals surface area contributed by atoms with Crippen molar-refractivity contribution in [3.8, 4) is 0 Å². The molecule has 2 fully saturated rings. The maximum atomic E-state index is 12.6. The summed E-state index contributed by atoms with van der Waals surface area (Å²) in [5.41, 5.74) is -0.987. The molecule has 1 aliphatic carbocycles. The smallest absolute Gasteiger partial charge is 0.326 e.